The molecule has 0 aromatic heterocycles. The second kappa shape index (κ2) is 12.4. The van der Waals surface area contributed by atoms with Gasteiger partial charge in [-0.05, 0) is 58.5 Å². The lowest BCUT2D eigenvalue weighted by molar-refractivity contribution is -0.181. The molecule has 13 nitrogen and oxygen atoms in total. The zero-order chi connectivity index (χ0) is 33.6. The first-order valence-corrected chi connectivity index (χ1v) is 14.9. The fourth-order valence-corrected chi connectivity index (χ4v) is 6.78. The van der Waals surface area contributed by atoms with Gasteiger partial charge in [0, 0.05) is 23.6 Å². The second-order valence-corrected chi connectivity index (χ2v) is 12.1. The maximum Gasteiger partial charge on any atom is 0.353 e. The molecular weight excluding hydrogens is 602 g/mol. The molecule has 1 fully saturated rings. The van der Waals surface area contributed by atoms with Gasteiger partial charge in [-0.1, -0.05) is 36.4 Å². The number of carbonyl (C=O) groups is 4. The number of benzene rings is 2. The summed E-state index contributed by atoms with van der Waals surface area (Å²) >= 11 is 0. The largest absolute Gasteiger partial charge is 0.504 e. The van der Waals surface area contributed by atoms with Crippen molar-refractivity contribution in [3.63, 3.8) is 0 Å². The third-order valence-electron chi connectivity index (χ3n) is 9.39. The van der Waals surface area contributed by atoms with Gasteiger partial charge in [-0.25, -0.2) is 14.4 Å². The highest BCUT2D eigenvalue weighted by molar-refractivity contribution is 5.86. The van der Waals surface area contributed by atoms with E-state index in [1.54, 1.807) is 30.3 Å². The number of piperidine rings is 1. The van der Waals surface area contributed by atoms with Gasteiger partial charge in [-0.2, -0.15) is 0 Å². The van der Waals surface area contributed by atoms with Gasteiger partial charge in [0.15, 0.2) is 29.8 Å². The number of carboxylic acid groups (broad SMARTS) is 1. The highest BCUT2D eigenvalue weighted by atomic mass is 16.6. The molecule has 4 N–H and O–H groups in total. The maximum atomic E-state index is 13.1. The lowest BCUT2D eigenvalue weighted by atomic mass is 9.54. The number of phenolic OH excluding ortho intramolecular Hbond substituents is 1. The van der Waals surface area contributed by atoms with Crippen LogP contribution in [0.1, 0.15) is 55.9 Å². The summed E-state index contributed by atoms with van der Waals surface area (Å²) in [5, 5.41) is 42.7. The Bertz CT molecular complexity index is 1570. The number of hydrogen-bond acceptors (Lipinski definition) is 12. The molecule has 2 aromatic carbocycles. The van der Waals surface area contributed by atoms with Gasteiger partial charge >= 0.3 is 23.9 Å². The number of ether oxygens (including phenoxy) is 4. The summed E-state index contributed by atoms with van der Waals surface area (Å²) in [7, 11) is 1.91. The molecule has 0 bridgehead atoms. The number of likely N-dealkylation sites (N-methyl/N-ethyl adjacent to an activating group) is 1. The summed E-state index contributed by atoms with van der Waals surface area (Å²) in [4.78, 5) is 51.9. The van der Waals surface area contributed by atoms with Crippen LogP contribution in [-0.2, 0) is 38.8 Å². The van der Waals surface area contributed by atoms with Crippen LogP contribution in [0.15, 0.2) is 54.3 Å². The molecule has 0 saturated carbocycles. The number of carboxylic acids is 1. The smallest absolute Gasteiger partial charge is 0.353 e. The SMILES string of the molecule is Cc1ccc(O)c2c1[C@]13CCN(C)[C@H](C)[C@]1(O)CC=C(OC(=O)C[C@H](O)C(=O)O[C@H](C(=O)O[C@@H](C)C(=O)O)c1ccccc1)[C@@H]3O2. The van der Waals surface area contributed by atoms with Crippen molar-refractivity contribution in [3.8, 4) is 11.5 Å². The molecule has 2 aliphatic heterocycles. The van der Waals surface area contributed by atoms with Crippen LogP contribution in [0, 0.1) is 6.92 Å². The molecule has 2 aromatic rings. The lowest BCUT2D eigenvalue weighted by Crippen LogP contribution is -2.71. The minimum absolute atomic E-state index is 0.0652. The standard InChI is InChI=1S/C33H37NO12/c1-17-10-11-21(35)27-25(17)32-14-15-34(4)19(3)33(32,42)13-12-23(28(32)45-27)44-24(37)16-22(36)30(40)46-26(20-8-6-5-7-9-20)31(41)43-18(2)29(38)39/h5-12,18-19,22,26,28,35-36,42H,13-16H2,1-4H3,(H,38,39)/t18-,19+,22-,26-,28-,32-,33+/m0/s1. The number of fused-ring (bicyclic) bond motifs is 1. The predicted molar refractivity (Wildman–Crippen MR) is 158 cm³/mol. The molecule has 1 aliphatic carbocycles. The van der Waals surface area contributed by atoms with Gasteiger partial charge in [0.25, 0.3) is 0 Å². The molecule has 1 spiro atoms. The number of aromatic hydroxyl groups is 1. The summed E-state index contributed by atoms with van der Waals surface area (Å²) in [5.41, 5.74) is -0.841. The Hall–Kier alpha value is -4.46. The van der Waals surface area contributed by atoms with Crippen LogP contribution in [0.4, 0.5) is 0 Å². The van der Waals surface area contributed by atoms with Crippen LogP contribution >= 0.6 is 0 Å². The van der Waals surface area contributed by atoms with Crippen molar-refractivity contribution in [1.82, 2.24) is 4.90 Å². The third-order valence-corrected chi connectivity index (χ3v) is 9.39. The lowest BCUT2D eigenvalue weighted by Gasteiger charge is -2.58. The van der Waals surface area contributed by atoms with E-state index in [4.69, 9.17) is 24.1 Å². The number of nitrogens with zero attached hydrogens (tertiary/aromatic N) is 1. The molecule has 46 heavy (non-hydrogen) atoms. The maximum absolute atomic E-state index is 13.1. The number of rotatable bonds is 9. The van der Waals surface area contributed by atoms with E-state index in [0.29, 0.717) is 18.5 Å². The Morgan fingerprint density at radius 2 is 1.78 bits per heavy atom. The highest BCUT2D eigenvalue weighted by Crippen LogP contribution is 2.62. The summed E-state index contributed by atoms with van der Waals surface area (Å²) in [6.07, 6.45) is -5.11. The van der Waals surface area contributed by atoms with Crippen LogP contribution < -0.4 is 4.74 Å². The molecule has 0 unspecified atom stereocenters. The first kappa shape index (κ1) is 32.9. The van der Waals surface area contributed by atoms with Gasteiger partial charge in [-0.3, -0.25) is 4.79 Å². The number of aliphatic hydroxyl groups is 2. The number of carbonyl (C=O) groups excluding carboxylic acids is 3. The minimum atomic E-state index is -2.06. The summed E-state index contributed by atoms with van der Waals surface area (Å²) < 4.78 is 22.0. The monoisotopic (exact) mass is 639 g/mol. The van der Waals surface area contributed by atoms with E-state index in [-0.39, 0.29) is 35.3 Å². The van der Waals surface area contributed by atoms with Gasteiger partial charge in [0.1, 0.15) is 5.76 Å². The molecule has 0 amide bonds. The molecule has 1 saturated heterocycles. The summed E-state index contributed by atoms with van der Waals surface area (Å²) in [6.45, 7) is 5.47. The van der Waals surface area contributed by atoms with Crippen molar-refractivity contribution in [2.75, 3.05) is 13.6 Å². The normalized spacial score (nSPS) is 27.0. The van der Waals surface area contributed by atoms with Crippen molar-refractivity contribution in [1.29, 1.82) is 0 Å². The number of aryl methyl sites for hydroxylation is 1. The topological polar surface area (TPSA) is 189 Å². The van der Waals surface area contributed by atoms with E-state index in [1.807, 2.05) is 25.8 Å². The van der Waals surface area contributed by atoms with E-state index in [2.05, 4.69) is 0 Å². The van der Waals surface area contributed by atoms with Crippen LogP contribution in [-0.4, -0.2) is 92.8 Å². The first-order chi connectivity index (χ1) is 21.7. The molecule has 13 heteroatoms. The first-order valence-electron chi connectivity index (χ1n) is 14.9. The second-order valence-electron chi connectivity index (χ2n) is 12.1. The van der Waals surface area contributed by atoms with Crippen molar-refractivity contribution < 1.29 is 58.6 Å². The van der Waals surface area contributed by atoms with E-state index < -0.39 is 65.7 Å². The predicted octanol–water partition coefficient (Wildman–Crippen LogP) is 2.04. The number of phenols is 1. The molecule has 3 aliphatic rings. The molecule has 2 heterocycles. The fraction of sp³-hybridized carbons (Fsp3) is 0.455. The average Bonchev–Trinajstić information content (AvgIpc) is 3.39. The van der Waals surface area contributed by atoms with Crippen LogP contribution in [0.2, 0.25) is 0 Å². The molecule has 246 valence electrons. The zero-order valence-electron chi connectivity index (χ0n) is 25.8. The summed E-state index contributed by atoms with van der Waals surface area (Å²) in [5.74, 6) is -4.82. The van der Waals surface area contributed by atoms with Crippen molar-refractivity contribution >= 4 is 23.9 Å². The van der Waals surface area contributed by atoms with Crippen LogP contribution in [0.25, 0.3) is 0 Å². The Balaban J connectivity index is 1.34. The third kappa shape index (κ3) is 5.48. The van der Waals surface area contributed by atoms with Gasteiger partial charge < -0.3 is 44.3 Å². The quantitative estimate of drug-likeness (QED) is 0.231. The van der Waals surface area contributed by atoms with Gasteiger partial charge in [0.2, 0.25) is 6.10 Å². The molecule has 0 radical (unpaired) electrons. The van der Waals surface area contributed by atoms with Crippen molar-refractivity contribution in [2.24, 2.45) is 0 Å². The number of likely N-dealkylation sites (tertiary alicyclic amines) is 1. The Labute approximate surface area is 264 Å². The Morgan fingerprint density at radius 1 is 1.09 bits per heavy atom. The molecule has 7 atom stereocenters. The minimum Gasteiger partial charge on any atom is -0.504 e. The van der Waals surface area contributed by atoms with Gasteiger partial charge in [-0.15, -0.1) is 0 Å². The average molecular weight is 640 g/mol. The number of aliphatic hydroxyl groups excluding tert-OH is 1. The van der Waals surface area contributed by atoms with E-state index in [0.717, 1.165) is 12.5 Å². The van der Waals surface area contributed by atoms with Gasteiger partial charge in [0.05, 0.1) is 17.4 Å². The fourth-order valence-electron chi connectivity index (χ4n) is 6.78. The summed E-state index contributed by atoms with van der Waals surface area (Å²) in [6, 6.07) is 10.6. The van der Waals surface area contributed by atoms with Crippen LogP contribution in [0.5, 0.6) is 11.5 Å². The van der Waals surface area contributed by atoms with Crippen molar-refractivity contribution in [3.05, 3.63) is 71.0 Å². The highest BCUT2D eigenvalue weighted by Gasteiger charge is 2.69. The molecule has 5 rings (SSSR count). The number of esters is 3. The van der Waals surface area contributed by atoms with E-state index in [1.165, 1.54) is 18.2 Å². The number of hydrogen-bond donors (Lipinski definition) is 4. The molecular formula is C33H37NO12. The van der Waals surface area contributed by atoms with E-state index in [9.17, 15) is 34.5 Å². The Kier molecular flexibility index (Phi) is 8.86. The Morgan fingerprint density at radius 3 is 2.46 bits per heavy atom. The number of aliphatic carboxylic acids is 1. The van der Waals surface area contributed by atoms with Crippen molar-refractivity contribution in [2.45, 2.75) is 81.5 Å². The van der Waals surface area contributed by atoms with Crippen LogP contribution in [0.3, 0.4) is 0 Å². The zero-order valence-corrected chi connectivity index (χ0v) is 25.8. The van der Waals surface area contributed by atoms with E-state index >= 15 is 0 Å².